The number of nitriles is 1. The molecular weight excluding hydrogens is 366 g/mol. The Morgan fingerprint density at radius 1 is 1.24 bits per heavy atom. The third kappa shape index (κ3) is 3.75. The summed E-state index contributed by atoms with van der Waals surface area (Å²) in [7, 11) is 0. The number of hydrogen-bond acceptors (Lipinski definition) is 4. The Kier molecular flexibility index (Phi) is 5.10. The van der Waals surface area contributed by atoms with E-state index in [0.29, 0.717) is 37.8 Å². The monoisotopic (exact) mass is 391 g/mol. The maximum absolute atomic E-state index is 13.2. The van der Waals surface area contributed by atoms with Crippen molar-refractivity contribution in [2.24, 2.45) is 5.92 Å². The number of fused-ring (bicyclic) bond motifs is 1. The molecule has 2 aliphatic rings. The van der Waals surface area contributed by atoms with Crippen molar-refractivity contribution in [2.75, 3.05) is 18.0 Å². The van der Waals surface area contributed by atoms with E-state index in [1.807, 2.05) is 33.8 Å². The van der Waals surface area contributed by atoms with Gasteiger partial charge in [0.05, 0.1) is 18.2 Å². The van der Waals surface area contributed by atoms with Gasteiger partial charge in [0.25, 0.3) is 0 Å². The first kappa shape index (κ1) is 19.2. The van der Waals surface area contributed by atoms with E-state index >= 15 is 0 Å². The highest BCUT2D eigenvalue weighted by Crippen LogP contribution is 2.28. The highest BCUT2D eigenvalue weighted by atomic mass is 16.2. The van der Waals surface area contributed by atoms with Gasteiger partial charge in [0.15, 0.2) is 5.69 Å². The number of nitrogens with zero attached hydrogens (tertiary/aromatic N) is 5. The van der Waals surface area contributed by atoms with E-state index in [-0.39, 0.29) is 24.2 Å². The van der Waals surface area contributed by atoms with Crippen LogP contribution in [0.15, 0.2) is 30.3 Å². The van der Waals surface area contributed by atoms with E-state index in [4.69, 9.17) is 5.26 Å². The van der Waals surface area contributed by atoms with E-state index in [9.17, 15) is 9.59 Å². The van der Waals surface area contributed by atoms with Gasteiger partial charge in [0, 0.05) is 31.7 Å². The Hall–Kier alpha value is -3.14. The van der Waals surface area contributed by atoms with Crippen LogP contribution in [0.2, 0.25) is 0 Å². The molecule has 0 aliphatic carbocycles. The number of carbonyl (C=O) groups is 2. The standard InChI is InChI=1S/C22H25N5O2/c1-15(2)16-4-6-19(7-5-16)26-13-17(10-21(26)28)22(29)25-8-3-9-27-20(14-25)11-18(12-23)24-27/h4-7,11,15,17H,3,8-10,13-14H2,1-2H3. The van der Waals surface area contributed by atoms with Crippen LogP contribution >= 0.6 is 0 Å². The minimum atomic E-state index is -0.336. The van der Waals surface area contributed by atoms with Gasteiger partial charge >= 0.3 is 0 Å². The smallest absolute Gasteiger partial charge is 0.228 e. The molecule has 1 atom stereocenters. The van der Waals surface area contributed by atoms with Gasteiger partial charge in [0.1, 0.15) is 6.07 Å². The van der Waals surface area contributed by atoms with E-state index in [1.54, 1.807) is 11.0 Å². The zero-order chi connectivity index (χ0) is 20.5. The second kappa shape index (κ2) is 7.70. The van der Waals surface area contributed by atoms with Gasteiger partial charge in [-0.25, -0.2) is 0 Å². The summed E-state index contributed by atoms with van der Waals surface area (Å²) in [5.74, 6) is 0.1000. The van der Waals surface area contributed by atoms with Gasteiger partial charge in [-0.05, 0) is 36.1 Å². The number of hydrogen-bond donors (Lipinski definition) is 0. The summed E-state index contributed by atoms with van der Waals surface area (Å²) in [6, 6.07) is 11.8. The fraction of sp³-hybridized carbons (Fsp3) is 0.455. The van der Waals surface area contributed by atoms with Crippen molar-refractivity contribution in [1.82, 2.24) is 14.7 Å². The van der Waals surface area contributed by atoms with Crippen LogP contribution in [0.25, 0.3) is 0 Å². The molecule has 0 N–H and O–H groups in total. The molecule has 1 aromatic heterocycles. The van der Waals surface area contributed by atoms with Crippen molar-refractivity contribution in [3.8, 4) is 6.07 Å². The van der Waals surface area contributed by atoms with Crippen LogP contribution in [-0.2, 0) is 22.7 Å². The lowest BCUT2D eigenvalue weighted by Gasteiger charge is -2.24. The van der Waals surface area contributed by atoms with Crippen LogP contribution in [0, 0.1) is 17.2 Å². The molecule has 0 spiro atoms. The van der Waals surface area contributed by atoms with Gasteiger partial charge in [-0.3, -0.25) is 14.3 Å². The fourth-order valence-electron chi connectivity index (χ4n) is 4.12. The van der Waals surface area contributed by atoms with Crippen molar-refractivity contribution in [2.45, 2.75) is 45.7 Å². The molecule has 1 fully saturated rings. The summed E-state index contributed by atoms with van der Waals surface area (Å²) in [4.78, 5) is 29.3. The SMILES string of the molecule is CC(C)c1ccc(N2CC(C(=O)N3CCCn4nc(C#N)cc4C3)CC2=O)cc1. The van der Waals surface area contributed by atoms with Gasteiger partial charge in [-0.1, -0.05) is 26.0 Å². The minimum Gasteiger partial charge on any atom is -0.336 e. The Bertz CT molecular complexity index is 970. The van der Waals surface area contributed by atoms with Crippen molar-refractivity contribution >= 4 is 17.5 Å². The van der Waals surface area contributed by atoms with E-state index in [1.165, 1.54) is 5.56 Å². The van der Waals surface area contributed by atoms with E-state index < -0.39 is 0 Å². The van der Waals surface area contributed by atoms with E-state index in [0.717, 1.165) is 17.8 Å². The molecule has 2 amide bonds. The zero-order valence-electron chi connectivity index (χ0n) is 16.8. The molecule has 1 saturated heterocycles. The average Bonchev–Trinajstić information content (AvgIpc) is 3.24. The summed E-state index contributed by atoms with van der Waals surface area (Å²) >= 11 is 0. The number of benzene rings is 1. The van der Waals surface area contributed by atoms with Gasteiger partial charge in [-0.15, -0.1) is 0 Å². The molecule has 3 heterocycles. The van der Waals surface area contributed by atoms with Crippen LogP contribution in [0.5, 0.6) is 0 Å². The average molecular weight is 391 g/mol. The number of amides is 2. The molecule has 7 nitrogen and oxygen atoms in total. The number of carbonyl (C=O) groups excluding carboxylic acids is 2. The normalized spacial score (nSPS) is 19.2. The molecule has 7 heteroatoms. The molecular formula is C22H25N5O2. The first-order valence-electron chi connectivity index (χ1n) is 10.1. The maximum atomic E-state index is 13.2. The van der Waals surface area contributed by atoms with Crippen molar-refractivity contribution in [3.05, 3.63) is 47.3 Å². The molecule has 1 aromatic carbocycles. The second-order valence-corrected chi connectivity index (χ2v) is 8.12. The highest BCUT2D eigenvalue weighted by molar-refractivity contribution is 6.00. The third-order valence-corrected chi connectivity index (χ3v) is 5.79. The Labute approximate surface area is 170 Å². The summed E-state index contributed by atoms with van der Waals surface area (Å²) in [6.07, 6.45) is 1.02. The molecule has 1 unspecified atom stereocenters. The molecule has 0 bridgehead atoms. The molecule has 0 radical (unpaired) electrons. The lowest BCUT2D eigenvalue weighted by atomic mass is 10.0. The van der Waals surface area contributed by atoms with E-state index in [2.05, 4.69) is 25.0 Å². The van der Waals surface area contributed by atoms with Gasteiger partial charge < -0.3 is 9.80 Å². The molecule has 4 rings (SSSR count). The number of aromatic nitrogens is 2. The lowest BCUT2D eigenvalue weighted by Crippen LogP contribution is -2.37. The molecule has 0 saturated carbocycles. The van der Waals surface area contributed by atoms with Crippen LogP contribution < -0.4 is 4.90 Å². The van der Waals surface area contributed by atoms with Crippen LogP contribution in [0.4, 0.5) is 5.69 Å². The predicted molar refractivity (Wildman–Crippen MR) is 108 cm³/mol. The summed E-state index contributed by atoms with van der Waals surface area (Å²) in [5, 5.41) is 13.3. The van der Waals surface area contributed by atoms with Crippen LogP contribution in [0.1, 0.15) is 49.6 Å². The largest absolute Gasteiger partial charge is 0.336 e. The second-order valence-electron chi connectivity index (χ2n) is 8.12. The summed E-state index contributed by atoms with van der Waals surface area (Å²) in [6.45, 7) is 6.45. The van der Waals surface area contributed by atoms with Crippen LogP contribution in [0.3, 0.4) is 0 Å². The third-order valence-electron chi connectivity index (χ3n) is 5.79. The predicted octanol–water partition coefficient (Wildman–Crippen LogP) is 2.66. The lowest BCUT2D eigenvalue weighted by molar-refractivity contribution is -0.136. The van der Waals surface area contributed by atoms with Gasteiger partial charge in [-0.2, -0.15) is 10.4 Å². The molecule has 29 heavy (non-hydrogen) atoms. The van der Waals surface area contributed by atoms with Crippen molar-refractivity contribution in [3.63, 3.8) is 0 Å². The Balaban J connectivity index is 1.47. The minimum absolute atomic E-state index is 0.00715. The Morgan fingerprint density at radius 3 is 2.69 bits per heavy atom. The molecule has 150 valence electrons. The van der Waals surface area contributed by atoms with Crippen molar-refractivity contribution < 1.29 is 9.59 Å². The number of aryl methyl sites for hydroxylation is 1. The fourth-order valence-corrected chi connectivity index (χ4v) is 4.12. The maximum Gasteiger partial charge on any atom is 0.228 e. The number of anilines is 1. The van der Waals surface area contributed by atoms with Crippen LogP contribution in [-0.4, -0.2) is 39.6 Å². The molecule has 2 aliphatic heterocycles. The summed E-state index contributed by atoms with van der Waals surface area (Å²) < 4.78 is 1.81. The zero-order valence-corrected chi connectivity index (χ0v) is 16.8. The summed E-state index contributed by atoms with van der Waals surface area (Å²) in [5.41, 5.74) is 3.33. The molecule has 2 aromatic rings. The quantitative estimate of drug-likeness (QED) is 0.805. The van der Waals surface area contributed by atoms with Crippen molar-refractivity contribution in [1.29, 1.82) is 5.26 Å². The van der Waals surface area contributed by atoms with Gasteiger partial charge in [0.2, 0.25) is 11.8 Å². The number of rotatable bonds is 3. The topological polar surface area (TPSA) is 82.2 Å². The first-order chi connectivity index (χ1) is 14.0. The first-order valence-corrected chi connectivity index (χ1v) is 10.1. The Morgan fingerprint density at radius 2 is 2.00 bits per heavy atom. The highest BCUT2D eigenvalue weighted by Gasteiger charge is 2.37.